The molecule has 0 radical (unpaired) electrons. The van der Waals surface area contributed by atoms with Crippen molar-refractivity contribution in [1.82, 2.24) is 4.57 Å². The van der Waals surface area contributed by atoms with E-state index in [2.05, 4.69) is 23.7 Å². The first-order valence-corrected chi connectivity index (χ1v) is 5.50. The van der Waals surface area contributed by atoms with Gasteiger partial charge in [-0.15, -0.1) is 0 Å². The van der Waals surface area contributed by atoms with Gasteiger partial charge in [0, 0.05) is 30.6 Å². The summed E-state index contributed by atoms with van der Waals surface area (Å²) in [6, 6.07) is 8.45. The Labute approximate surface area is 95.8 Å². The van der Waals surface area contributed by atoms with E-state index in [0.717, 1.165) is 17.7 Å². The topological polar surface area (TPSA) is 40.2 Å². The van der Waals surface area contributed by atoms with Crippen molar-refractivity contribution >= 4 is 10.9 Å². The van der Waals surface area contributed by atoms with E-state index in [1.165, 1.54) is 11.1 Å². The van der Waals surface area contributed by atoms with Crippen molar-refractivity contribution in [3.63, 3.8) is 0 Å². The minimum Gasteiger partial charge on any atom is -0.495 e. The minimum absolute atomic E-state index is 0.175. The molecule has 16 heavy (non-hydrogen) atoms. The summed E-state index contributed by atoms with van der Waals surface area (Å²) in [4.78, 5) is 0. The average Bonchev–Trinajstić information content (AvgIpc) is 2.55. The van der Waals surface area contributed by atoms with Gasteiger partial charge in [-0.3, -0.25) is 0 Å². The summed E-state index contributed by atoms with van der Waals surface area (Å²) in [5.41, 5.74) is 8.23. The fraction of sp³-hybridized carbons (Fsp3) is 0.385. The van der Waals surface area contributed by atoms with E-state index in [4.69, 9.17) is 10.5 Å². The normalized spacial score (nSPS) is 13.0. The molecule has 1 aromatic heterocycles. The maximum absolute atomic E-state index is 5.84. The second kappa shape index (κ2) is 4.18. The SMILES string of the molecule is COc1cccc2cc(CC(C)N)n(C)c12. The van der Waals surface area contributed by atoms with Crippen molar-refractivity contribution in [1.29, 1.82) is 0 Å². The summed E-state index contributed by atoms with van der Waals surface area (Å²) in [6.45, 7) is 2.02. The Morgan fingerprint density at radius 3 is 2.81 bits per heavy atom. The molecule has 2 aromatic rings. The molecule has 86 valence electrons. The molecule has 2 N–H and O–H groups in total. The van der Waals surface area contributed by atoms with Crippen LogP contribution in [0.1, 0.15) is 12.6 Å². The van der Waals surface area contributed by atoms with Gasteiger partial charge in [0.25, 0.3) is 0 Å². The molecule has 0 aliphatic carbocycles. The first-order valence-electron chi connectivity index (χ1n) is 5.50. The smallest absolute Gasteiger partial charge is 0.143 e. The highest BCUT2D eigenvalue weighted by molar-refractivity contribution is 5.87. The standard InChI is InChI=1S/C13H18N2O/c1-9(14)7-11-8-10-5-4-6-12(16-3)13(10)15(11)2/h4-6,8-9H,7,14H2,1-3H3. The largest absolute Gasteiger partial charge is 0.495 e. The van der Waals surface area contributed by atoms with Crippen molar-refractivity contribution in [2.24, 2.45) is 12.8 Å². The third kappa shape index (κ3) is 1.78. The first-order chi connectivity index (χ1) is 7.63. The molecule has 0 aliphatic heterocycles. The van der Waals surface area contributed by atoms with Crippen molar-refractivity contribution in [2.75, 3.05) is 7.11 Å². The van der Waals surface area contributed by atoms with E-state index in [0.29, 0.717) is 0 Å². The number of benzene rings is 1. The maximum Gasteiger partial charge on any atom is 0.143 e. The molecule has 0 saturated carbocycles. The van der Waals surface area contributed by atoms with Gasteiger partial charge in [0.1, 0.15) is 5.75 Å². The predicted octanol–water partition coefficient (Wildman–Crippen LogP) is 2.08. The Balaban J connectivity index is 2.59. The molecule has 0 amide bonds. The molecular formula is C13H18N2O. The van der Waals surface area contributed by atoms with Crippen LogP contribution >= 0.6 is 0 Å². The molecule has 3 nitrogen and oxygen atoms in total. The van der Waals surface area contributed by atoms with E-state index < -0.39 is 0 Å². The number of hydrogen-bond donors (Lipinski definition) is 1. The lowest BCUT2D eigenvalue weighted by Crippen LogP contribution is -2.19. The van der Waals surface area contributed by atoms with Crippen molar-refractivity contribution in [3.8, 4) is 5.75 Å². The van der Waals surface area contributed by atoms with Gasteiger partial charge in [-0.1, -0.05) is 12.1 Å². The van der Waals surface area contributed by atoms with Gasteiger partial charge in [0.05, 0.1) is 12.6 Å². The molecular weight excluding hydrogens is 200 g/mol. The summed E-state index contributed by atoms with van der Waals surface area (Å²) in [5.74, 6) is 0.913. The van der Waals surface area contributed by atoms with E-state index in [-0.39, 0.29) is 6.04 Å². The van der Waals surface area contributed by atoms with Gasteiger partial charge in [0.2, 0.25) is 0 Å². The Morgan fingerprint density at radius 1 is 1.44 bits per heavy atom. The molecule has 1 atom stereocenters. The highest BCUT2D eigenvalue weighted by atomic mass is 16.5. The molecule has 1 heterocycles. The Bertz CT molecular complexity index is 500. The lowest BCUT2D eigenvalue weighted by molar-refractivity contribution is 0.417. The number of aryl methyl sites for hydroxylation is 1. The van der Waals surface area contributed by atoms with Crippen LogP contribution in [-0.4, -0.2) is 17.7 Å². The number of aromatic nitrogens is 1. The van der Waals surface area contributed by atoms with Crippen LogP contribution in [0.5, 0.6) is 5.75 Å². The molecule has 1 unspecified atom stereocenters. The van der Waals surface area contributed by atoms with Gasteiger partial charge >= 0.3 is 0 Å². The highest BCUT2D eigenvalue weighted by Gasteiger charge is 2.10. The molecule has 0 fully saturated rings. The fourth-order valence-electron chi connectivity index (χ4n) is 2.13. The number of hydrogen-bond acceptors (Lipinski definition) is 2. The Morgan fingerprint density at radius 2 is 2.19 bits per heavy atom. The van der Waals surface area contributed by atoms with E-state index in [9.17, 15) is 0 Å². The Hall–Kier alpha value is -1.48. The molecule has 0 spiro atoms. The number of fused-ring (bicyclic) bond motifs is 1. The zero-order valence-electron chi connectivity index (χ0n) is 10.0. The van der Waals surface area contributed by atoms with Gasteiger partial charge < -0.3 is 15.0 Å². The van der Waals surface area contributed by atoms with Gasteiger partial charge in [-0.25, -0.2) is 0 Å². The second-order valence-corrected chi connectivity index (χ2v) is 4.27. The van der Waals surface area contributed by atoms with Gasteiger partial charge in [0.15, 0.2) is 0 Å². The minimum atomic E-state index is 0.175. The fourth-order valence-corrected chi connectivity index (χ4v) is 2.13. The van der Waals surface area contributed by atoms with Gasteiger partial charge in [-0.05, 0) is 19.1 Å². The lowest BCUT2D eigenvalue weighted by Gasteiger charge is -2.08. The number of nitrogens with two attached hydrogens (primary N) is 1. The quantitative estimate of drug-likeness (QED) is 0.856. The molecule has 0 bridgehead atoms. The molecule has 2 rings (SSSR count). The Kier molecular flexibility index (Phi) is 2.88. The highest BCUT2D eigenvalue weighted by Crippen LogP contribution is 2.28. The molecule has 0 aliphatic rings. The summed E-state index contributed by atoms with van der Waals surface area (Å²) >= 11 is 0. The number of para-hydroxylation sites is 1. The number of nitrogens with zero attached hydrogens (tertiary/aromatic N) is 1. The van der Waals surface area contributed by atoms with Crippen LogP contribution in [0.2, 0.25) is 0 Å². The monoisotopic (exact) mass is 218 g/mol. The predicted molar refractivity (Wildman–Crippen MR) is 66.8 cm³/mol. The number of methoxy groups -OCH3 is 1. The maximum atomic E-state index is 5.84. The average molecular weight is 218 g/mol. The van der Waals surface area contributed by atoms with Crippen LogP contribution in [0.15, 0.2) is 24.3 Å². The first kappa shape index (κ1) is 11.0. The summed E-state index contributed by atoms with van der Waals surface area (Å²) in [6.07, 6.45) is 0.883. The third-order valence-corrected chi connectivity index (χ3v) is 2.87. The lowest BCUT2D eigenvalue weighted by atomic mass is 10.2. The van der Waals surface area contributed by atoms with Crippen LogP contribution in [0.4, 0.5) is 0 Å². The summed E-state index contributed by atoms with van der Waals surface area (Å²) in [5, 5.41) is 1.21. The number of ether oxygens (including phenoxy) is 1. The summed E-state index contributed by atoms with van der Waals surface area (Å²) in [7, 11) is 3.76. The third-order valence-electron chi connectivity index (χ3n) is 2.87. The van der Waals surface area contributed by atoms with E-state index in [1.807, 2.05) is 19.1 Å². The van der Waals surface area contributed by atoms with Crippen LogP contribution in [0.3, 0.4) is 0 Å². The van der Waals surface area contributed by atoms with Crippen LogP contribution < -0.4 is 10.5 Å². The van der Waals surface area contributed by atoms with Crippen LogP contribution in [0.25, 0.3) is 10.9 Å². The zero-order valence-corrected chi connectivity index (χ0v) is 10.0. The molecule has 3 heteroatoms. The van der Waals surface area contributed by atoms with Crippen molar-refractivity contribution in [2.45, 2.75) is 19.4 Å². The summed E-state index contributed by atoms with van der Waals surface area (Å²) < 4.78 is 7.54. The van der Waals surface area contributed by atoms with E-state index >= 15 is 0 Å². The molecule has 0 saturated heterocycles. The van der Waals surface area contributed by atoms with Crippen LogP contribution in [0, 0.1) is 0 Å². The zero-order chi connectivity index (χ0) is 11.7. The van der Waals surface area contributed by atoms with Gasteiger partial charge in [-0.2, -0.15) is 0 Å². The second-order valence-electron chi connectivity index (χ2n) is 4.27. The number of rotatable bonds is 3. The van der Waals surface area contributed by atoms with Crippen LogP contribution in [-0.2, 0) is 13.5 Å². The van der Waals surface area contributed by atoms with Crippen molar-refractivity contribution < 1.29 is 4.74 Å². The molecule has 1 aromatic carbocycles. The van der Waals surface area contributed by atoms with E-state index in [1.54, 1.807) is 7.11 Å². The van der Waals surface area contributed by atoms with Crippen molar-refractivity contribution in [3.05, 3.63) is 30.0 Å².